The van der Waals surface area contributed by atoms with Crippen LogP contribution in [0.5, 0.6) is 11.5 Å². The number of nitrogens with one attached hydrogen (secondary N) is 1. The van der Waals surface area contributed by atoms with Crippen molar-refractivity contribution in [2.24, 2.45) is 0 Å². The number of benzene rings is 2. The molecular weight excluding hydrogens is 428 g/mol. The number of methoxy groups -OCH3 is 1. The van der Waals surface area contributed by atoms with E-state index in [2.05, 4.69) is 15.6 Å². The van der Waals surface area contributed by atoms with E-state index in [0.29, 0.717) is 24.7 Å². The number of ether oxygens (including phenoxy) is 5. The minimum atomic E-state index is -0.573. The number of para-hydroxylation sites is 1. The van der Waals surface area contributed by atoms with Gasteiger partial charge >= 0.3 is 6.09 Å². The maximum atomic E-state index is 12.4. The molecule has 0 saturated carbocycles. The molecule has 0 aliphatic carbocycles. The van der Waals surface area contributed by atoms with E-state index in [4.69, 9.17) is 23.7 Å². The summed E-state index contributed by atoms with van der Waals surface area (Å²) in [4.78, 5) is 12.4. The molecule has 2 fully saturated rings. The summed E-state index contributed by atoms with van der Waals surface area (Å²) in [6, 6.07) is 16.4. The van der Waals surface area contributed by atoms with Crippen molar-refractivity contribution in [1.82, 2.24) is 15.0 Å². The van der Waals surface area contributed by atoms with Gasteiger partial charge in [-0.2, -0.15) is 0 Å². The monoisotopic (exact) mass is 452 g/mol. The van der Waals surface area contributed by atoms with Crippen molar-refractivity contribution in [3.05, 3.63) is 66.5 Å². The molecule has 2 aliphatic rings. The molecule has 0 spiro atoms. The Hall–Kier alpha value is -3.47. The zero-order valence-corrected chi connectivity index (χ0v) is 18.0. The predicted molar refractivity (Wildman–Crippen MR) is 116 cm³/mol. The van der Waals surface area contributed by atoms with Crippen LogP contribution in [-0.2, 0) is 25.6 Å². The van der Waals surface area contributed by atoms with Crippen LogP contribution < -0.4 is 10.1 Å². The molecule has 10 heteroatoms. The zero-order chi connectivity index (χ0) is 22.6. The third-order valence-corrected chi connectivity index (χ3v) is 5.51. The van der Waals surface area contributed by atoms with E-state index >= 15 is 0 Å². The Balaban J connectivity index is 1.14. The van der Waals surface area contributed by atoms with Crippen LogP contribution in [0.4, 0.5) is 10.5 Å². The fourth-order valence-corrected chi connectivity index (χ4v) is 3.98. The smallest absolute Gasteiger partial charge is 0.412 e. The number of anilines is 1. The average Bonchev–Trinajstić information content (AvgIpc) is 3.54. The van der Waals surface area contributed by atoms with Crippen LogP contribution in [0.2, 0.25) is 0 Å². The molecule has 0 bridgehead atoms. The van der Waals surface area contributed by atoms with Gasteiger partial charge in [0.05, 0.1) is 26.0 Å². The van der Waals surface area contributed by atoms with Crippen LogP contribution in [0.15, 0.2) is 60.8 Å². The summed E-state index contributed by atoms with van der Waals surface area (Å²) in [6.45, 7) is 1.03. The first-order valence-electron chi connectivity index (χ1n) is 10.6. The molecule has 1 amide bonds. The highest BCUT2D eigenvalue weighted by Crippen LogP contribution is 2.35. The van der Waals surface area contributed by atoms with Gasteiger partial charge in [0.15, 0.2) is 6.10 Å². The molecule has 1 aromatic heterocycles. The summed E-state index contributed by atoms with van der Waals surface area (Å²) in [6.07, 6.45) is 0.0978. The van der Waals surface area contributed by atoms with Crippen molar-refractivity contribution in [3.8, 4) is 11.5 Å². The number of carbonyl (C=O) groups is 1. The number of nitrogens with zero attached hydrogens (tertiary/aromatic N) is 3. The minimum Gasteiger partial charge on any atom is -0.457 e. The maximum Gasteiger partial charge on any atom is 0.412 e. The minimum absolute atomic E-state index is 0.137. The SMILES string of the molecule is COCc1cn([C@H]2CO[C@H]3[C@@H]2OC[C@H]3OC(=O)Nc2ccc(Oc3ccccc3)cc2)nn1. The maximum absolute atomic E-state index is 12.4. The zero-order valence-electron chi connectivity index (χ0n) is 18.0. The molecule has 33 heavy (non-hydrogen) atoms. The van der Waals surface area contributed by atoms with Gasteiger partial charge in [-0.25, -0.2) is 9.48 Å². The second-order valence-corrected chi connectivity index (χ2v) is 7.79. The quantitative estimate of drug-likeness (QED) is 0.583. The standard InChI is InChI=1S/C23H24N4O6/c1-29-12-16-11-27(26-25-16)19-13-30-22-20(14-31-21(19)22)33-23(28)24-15-7-9-18(10-8-15)32-17-5-3-2-4-6-17/h2-11,19-22H,12-14H2,1H3,(H,24,28)/t19-,20+,21+,22+/m0/s1. The highest BCUT2D eigenvalue weighted by molar-refractivity contribution is 5.84. The van der Waals surface area contributed by atoms with Crippen LogP contribution in [0.1, 0.15) is 11.7 Å². The van der Waals surface area contributed by atoms with Gasteiger partial charge < -0.3 is 23.7 Å². The Morgan fingerprint density at radius 2 is 1.82 bits per heavy atom. The van der Waals surface area contributed by atoms with Gasteiger partial charge in [0, 0.05) is 12.8 Å². The highest BCUT2D eigenvalue weighted by atomic mass is 16.6. The molecule has 4 atom stereocenters. The molecule has 5 rings (SSSR count). The van der Waals surface area contributed by atoms with Crippen molar-refractivity contribution >= 4 is 11.8 Å². The second-order valence-electron chi connectivity index (χ2n) is 7.79. The number of rotatable bonds is 7. The molecule has 10 nitrogen and oxygen atoms in total. The van der Waals surface area contributed by atoms with E-state index in [1.807, 2.05) is 36.5 Å². The molecule has 172 valence electrons. The van der Waals surface area contributed by atoms with Crippen molar-refractivity contribution in [2.45, 2.75) is 31.0 Å². The number of fused-ring (bicyclic) bond motifs is 1. The molecule has 3 heterocycles. The first kappa shape index (κ1) is 21.4. The second kappa shape index (κ2) is 9.57. The lowest BCUT2D eigenvalue weighted by molar-refractivity contribution is 0.00770. The lowest BCUT2D eigenvalue weighted by Gasteiger charge is -2.17. The Morgan fingerprint density at radius 1 is 1.06 bits per heavy atom. The average molecular weight is 452 g/mol. The summed E-state index contributed by atoms with van der Waals surface area (Å²) in [5.41, 5.74) is 1.32. The van der Waals surface area contributed by atoms with E-state index in [9.17, 15) is 4.79 Å². The number of hydrogen-bond donors (Lipinski definition) is 1. The number of hydrogen-bond acceptors (Lipinski definition) is 8. The predicted octanol–water partition coefficient (Wildman–Crippen LogP) is 3.17. The Morgan fingerprint density at radius 3 is 2.61 bits per heavy atom. The molecule has 3 aromatic rings. The summed E-state index contributed by atoms with van der Waals surface area (Å²) in [5.74, 6) is 1.41. The van der Waals surface area contributed by atoms with Crippen LogP contribution >= 0.6 is 0 Å². The number of carbonyl (C=O) groups excluding carboxylic acids is 1. The molecular formula is C23H24N4O6. The van der Waals surface area contributed by atoms with Crippen molar-refractivity contribution in [1.29, 1.82) is 0 Å². The molecule has 0 radical (unpaired) electrons. The van der Waals surface area contributed by atoms with Gasteiger partial charge in [0.1, 0.15) is 35.4 Å². The summed E-state index contributed by atoms with van der Waals surface area (Å²) in [5, 5.41) is 11.0. The largest absolute Gasteiger partial charge is 0.457 e. The van der Waals surface area contributed by atoms with Crippen LogP contribution in [-0.4, -0.2) is 59.7 Å². The molecule has 1 N–H and O–H groups in total. The lowest BCUT2D eigenvalue weighted by Crippen LogP contribution is -2.34. The topological polar surface area (TPSA) is 106 Å². The fourth-order valence-electron chi connectivity index (χ4n) is 3.98. The molecule has 0 unspecified atom stereocenters. The van der Waals surface area contributed by atoms with E-state index < -0.39 is 12.2 Å². The van der Waals surface area contributed by atoms with Gasteiger partial charge in [0.2, 0.25) is 0 Å². The third-order valence-electron chi connectivity index (χ3n) is 5.51. The van der Waals surface area contributed by atoms with Crippen molar-refractivity contribution < 1.29 is 28.5 Å². The van der Waals surface area contributed by atoms with Gasteiger partial charge in [-0.1, -0.05) is 23.4 Å². The Kier molecular flexibility index (Phi) is 6.20. The normalized spacial score (nSPS) is 23.8. The Bertz CT molecular complexity index is 1070. The Labute approximate surface area is 190 Å². The van der Waals surface area contributed by atoms with E-state index in [1.165, 1.54) is 0 Å². The van der Waals surface area contributed by atoms with Crippen LogP contribution in [0.25, 0.3) is 0 Å². The van der Waals surface area contributed by atoms with E-state index in [-0.39, 0.29) is 24.9 Å². The van der Waals surface area contributed by atoms with Gasteiger partial charge in [0.25, 0.3) is 0 Å². The van der Waals surface area contributed by atoms with Gasteiger partial charge in [-0.3, -0.25) is 5.32 Å². The first-order chi connectivity index (χ1) is 16.2. The molecule has 2 aromatic carbocycles. The van der Waals surface area contributed by atoms with Crippen molar-refractivity contribution in [3.63, 3.8) is 0 Å². The first-order valence-corrected chi connectivity index (χ1v) is 10.6. The number of aromatic nitrogens is 3. The van der Waals surface area contributed by atoms with Crippen molar-refractivity contribution in [2.75, 3.05) is 25.6 Å². The van der Waals surface area contributed by atoms with Crippen LogP contribution in [0.3, 0.4) is 0 Å². The van der Waals surface area contributed by atoms with E-state index in [1.54, 1.807) is 36.1 Å². The molecule has 2 saturated heterocycles. The highest BCUT2D eigenvalue weighted by Gasteiger charge is 2.50. The van der Waals surface area contributed by atoms with Gasteiger partial charge in [-0.15, -0.1) is 5.10 Å². The third kappa shape index (κ3) is 4.82. The van der Waals surface area contributed by atoms with Gasteiger partial charge in [-0.05, 0) is 36.4 Å². The summed E-state index contributed by atoms with van der Waals surface area (Å²) < 4.78 is 29.9. The van der Waals surface area contributed by atoms with Crippen LogP contribution in [0, 0.1) is 0 Å². The number of amides is 1. The lowest BCUT2D eigenvalue weighted by atomic mass is 10.1. The summed E-state index contributed by atoms with van der Waals surface area (Å²) >= 11 is 0. The van der Waals surface area contributed by atoms with E-state index in [0.717, 1.165) is 11.4 Å². The molecule has 2 aliphatic heterocycles. The summed E-state index contributed by atoms with van der Waals surface area (Å²) in [7, 11) is 1.60. The fraction of sp³-hybridized carbons (Fsp3) is 0.348.